The van der Waals surface area contributed by atoms with Crippen molar-refractivity contribution in [2.75, 3.05) is 32.8 Å². The van der Waals surface area contributed by atoms with Gasteiger partial charge in [0.25, 0.3) is 0 Å². The minimum absolute atomic E-state index is 0.0770. The molecule has 1 atom stereocenters. The van der Waals surface area contributed by atoms with Crippen LogP contribution in [0.3, 0.4) is 0 Å². The van der Waals surface area contributed by atoms with E-state index < -0.39 is 5.60 Å². The number of likely N-dealkylation sites (tertiary alicyclic amines) is 1. The number of carbonyl (C=O) groups is 2. The van der Waals surface area contributed by atoms with Gasteiger partial charge in [0.1, 0.15) is 5.60 Å². The number of piperidine rings is 1. The third-order valence-electron chi connectivity index (χ3n) is 5.95. The molecular weight excluding hydrogens is 406 g/mol. The van der Waals surface area contributed by atoms with Gasteiger partial charge in [-0.1, -0.05) is 24.3 Å². The zero-order valence-corrected chi connectivity index (χ0v) is 20.1. The van der Waals surface area contributed by atoms with E-state index in [1.165, 1.54) is 5.56 Å². The van der Waals surface area contributed by atoms with Crippen LogP contribution < -0.4 is 5.32 Å². The monoisotopic (exact) mass is 445 g/mol. The van der Waals surface area contributed by atoms with E-state index >= 15 is 0 Å². The fourth-order valence-electron chi connectivity index (χ4n) is 4.31. The summed E-state index contributed by atoms with van der Waals surface area (Å²) in [5, 5.41) is 3.07. The van der Waals surface area contributed by atoms with Gasteiger partial charge in [-0.05, 0) is 57.6 Å². The summed E-state index contributed by atoms with van der Waals surface area (Å²) in [4.78, 5) is 28.8. The van der Waals surface area contributed by atoms with Gasteiger partial charge in [0.2, 0.25) is 5.91 Å². The zero-order valence-electron chi connectivity index (χ0n) is 20.1. The number of carbonyl (C=O) groups excluding carboxylic acids is 2. The van der Waals surface area contributed by atoms with Crippen LogP contribution in [0.4, 0.5) is 4.79 Å². The van der Waals surface area contributed by atoms with Gasteiger partial charge >= 0.3 is 6.09 Å². The van der Waals surface area contributed by atoms with Crippen molar-refractivity contribution in [2.24, 2.45) is 5.92 Å². The van der Waals surface area contributed by atoms with E-state index in [1.54, 1.807) is 4.90 Å². The summed E-state index contributed by atoms with van der Waals surface area (Å²) in [6.07, 6.45) is 2.20. The fourth-order valence-corrected chi connectivity index (χ4v) is 4.31. The lowest BCUT2D eigenvalue weighted by atomic mass is 9.93. The number of nitrogens with zero attached hydrogens (tertiary/aromatic N) is 2. The molecule has 1 N–H and O–H groups in total. The van der Waals surface area contributed by atoms with Gasteiger partial charge in [0.15, 0.2) is 0 Å². The summed E-state index contributed by atoms with van der Waals surface area (Å²) < 4.78 is 11.1. The number of amides is 2. The van der Waals surface area contributed by atoms with Crippen LogP contribution in [0.15, 0.2) is 24.3 Å². The molecule has 2 amide bonds. The first-order chi connectivity index (χ1) is 15.2. The highest BCUT2D eigenvalue weighted by atomic mass is 16.6. The molecule has 2 saturated heterocycles. The van der Waals surface area contributed by atoms with Crippen LogP contribution in [0.1, 0.15) is 58.1 Å². The molecule has 7 heteroatoms. The molecule has 1 aromatic carbocycles. The minimum Gasteiger partial charge on any atom is -0.444 e. The summed E-state index contributed by atoms with van der Waals surface area (Å²) in [6, 6.07) is 8.45. The van der Waals surface area contributed by atoms with Crippen molar-refractivity contribution in [1.29, 1.82) is 0 Å². The second kappa shape index (κ2) is 11.1. The molecule has 3 rings (SSSR count). The van der Waals surface area contributed by atoms with Crippen LogP contribution in [-0.2, 0) is 27.4 Å². The van der Waals surface area contributed by atoms with Crippen LogP contribution in [0, 0.1) is 5.92 Å². The average molecular weight is 446 g/mol. The third kappa shape index (κ3) is 8.10. The molecule has 2 aliphatic rings. The Bertz CT molecular complexity index is 769. The molecule has 0 saturated carbocycles. The van der Waals surface area contributed by atoms with Gasteiger partial charge in [-0.3, -0.25) is 9.69 Å². The molecule has 7 nitrogen and oxygen atoms in total. The molecule has 0 aliphatic carbocycles. The highest BCUT2D eigenvalue weighted by molar-refractivity contribution is 5.76. The summed E-state index contributed by atoms with van der Waals surface area (Å²) in [7, 11) is 0. The summed E-state index contributed by atoms with van der Waals surface area (Å²) >= 11 is 0. The fraction of sp³-hybridized carbons (Fsp3) is 0.680. The number of rotatable bonds is 6. The number of benzene rings is 1. The lowest BCUT2D eigenvalue weighted by Crippen LogP contribution is -2.42. The van der Waals surface area contributed by atoms with Gasteiger partial charge in [-0.2, -0.15) is 0 Å². The van der Waals surface area contributed by atoms with E-state index in [0.717, 1.165) is 44.6 Å². The number of ether oxygens (including phenoxy) is 2. The second-order valence-electron chi connectivity index (χ2n) is 10.1. The number of hydrogen-bond donors (Lipinski definition) is 1. The number of nitrogens with one attached hydrogen (secondary N) is 1. The molecule has 1 unspecified atom stereocenters. The lowest BCUT2D eigenvalue weighted by molar-refractivity contribution is -0.122. The van der Waals surface area contributed by atoms with E-state index in [1.807, 2.05) is 20.8 Å². The smallest absolute Gasteiger partial charge is 0.410 e. The van der Waals surface area contributed by atoms with E-state index in [0.29, 0.717) is 32.0 Å². The molecular formula is C25H39N3O4. The van der Waals surface area contributed by atoms with E-state index in [-0.39, 0.29) is 18.1 Å². The van der Waals surface area contributed by atoms with Gasteiger partial charge < -0.3 is 19.7 Å². The van der Waals surface area contributed by atoms with Crippen LogP contribution in [-0.4, -0.2) is 66.3 Å². The first kappa shape index (κ1) is 24.5. The first-order valence-corrected chi connectivity index (χ1v) is 11.8. The molecule has 32 heavy (non-hydrogen) atoms. The van der Waals surface area contributed by atoms with Crippen molar-refractivity contribution < 1.29 is 19.1 Å². The second-order valence-corrected chi connectivity index (χ2v) is 10.1. The number of morpholine rings is 1. The van der Waals surface area contributed by atoms with Crippen molar-refractivity contribution in [3.63, 3.8) is 0 Å². The van der Waals surface area contributed by atoms with Crippen molar-refractivity contribution in [3.05, 3.63) is 35.4 Å². The van der Waals surface area contributed by atoms with Crippen molar-refractivity contribution in [1.82, 2.24) is 15.1 Å². The predicted molar refractivity (Wildman–Crippen MR) is 124 cm³/mol. The molecule has 178 valence electrons. The van der Waals surface area contributed by atoms with Crippen LogP contribution in [0.25, 0.3) is 0 Å². The molecule has 0 bridgehead atoms. The summed E-state index contributed by atoms with van der Waals surface area (Å²) in [5.41, 5.74) is 1.91. The Hall–Kier alpha value is -2.12. The Kier molecular flexibility index (Phi) is 8.54. The van der Waals surface area contributed by atoms with Crippen molar-refractivity contribution >= 4 is 12.0 Å². The Morgan fingerprint density at radius 2 is 1.88 bits per heavy atom. The largest absolute Gasteiger partial charge is 0.444 e. The maximum Gasteiger partial charge on any atom is 0.410 e. The number of hydrogen-bond acceptors (Lipinski definition) is 5. The molecule has 2 fully saturated rings. The Morgan fingerprint density at radius 1 is 1.16 bits per heavy atom. The van der Waals surface area contributed by atoms with Crippen LogP contribution in [0.5, 0.6) is 0 Å². The van der Waals surface area contributed by atoms with E-state index in [9.17, 15) is 9.59 Å². The van der Waals surface area contributed by atoms with Gasteiger partial charge in [0.05, 0.1) is 12.7 Å². The molecule has 1 aromatic rings. The zero-order chi connectivity index (χ0) is 23.1. The van der Waals surface area contributed by atoms with Crippen LogP contribution in [0.2, 0.25) is 0 Å². The highest BCUT2D eigenvalue weighted by Gasteiger charge is 2.27. The standard InChI is InChI=1S/C25H39N3O4/c1-19-17-27(12-13-31-19)18-22-7-5-6-21(14-22)16-26-23(29)15-20-8-10-28(11-9-20)24(30)32-25(2,3)4/h5-7,14,19-20H,8-13,15-18H2,1-4H3,(H,26,29). The molecule has 2 aliphatic heterocycles. The van der Waals surface area contributed by atoms with Gasteiger partial charge in [-0.15, -0.1) is 0 Å². The Balaban J connectivity index is 1.38. The SMILES string of the molecule is CC1CN(Cc2cccc(CNC(=O)CC3CCN(C(=O)OC(C)(C)C)CC3)c2)CCO1. The highest BCUT2D eigenvalue weighted by Crippen LogP contribution is 2.22. The van der Waals surface area contributed by atoms with Crippen molar-refractivity contribution in [3.8, 4) is 0 Å². The first-order valence-electron chi connectivity index (χ1n) is 11.8. The minimum atomic E-state index is -0.480. The lowest BCUT2D eigenvalue weighted by Gasteiger charge is -2.33. The topological polar surface area (TPSA) is 71.1 Å². The molecule has 0 radical (unpaired) electrons. The molecule has 0 spiro atoms. The average Bonchev–Trinajstić information content (AvgIpc) is 2.72. The van der Waals surface area contributed by atoms with Crippen LogP contribution >= 0.6 is 0 Å². The normalized spacial score (nSPS) is 20.8. The van der Waals surface area contributed by atoms with Gasteiger partial charge in [0, 0.05) is 45.7 Å². The summed E-state index contributed by atoms with van der Waals surface area (Å²) in [6.45, 7) is 13.2. The van der Waals surface area contributed by atoms with E-state index in [4.69, 9.17) is 9.47 Å². The maximum absolute atomic E-state index is 12.5. The third-order valence-corrected chi connectivity index (χ3v) is 5.95. The molecule has 0 aromatic heterocycles. The predicted octanol–water partition coefficient (Wildman–Crippen LogP) is 3.56. The van der Waals surface area contributed by atoms with Crippen molar-refractivity contribution in [2.45, 2.75) is 71.8 Å². The maximum atomic E-state index is 12.5. The Labute approximate surface area is 192 Å². The molecule has 2 heterocycles. The van der Waals surface area contributed by atoms with Gasteiger partial charge in [-0.25, -0.2) is 4.79 Å². The quantitative estimate of drug-likeness (QED) is 0.725. The Morgan fingerprint density at radius 3 is 2.56 bits per heavy atom. The van der Waals surface area contributed by atoms with E-state index in [2.05, 4.69) is 41.4 Å². The summed E-state index contributed by atoms with van der Waals surface area (Å²) in [5.74, 6) is 0.386.